The van der Waals surface area contributed by atoms with Crippen LogP contribution in [0, 0.1) is 0 Å². The topological polar surface area (TPSA) is 90.1 Å². The van der Waals surface area contributed by atoms with E-state index >= 15 is 0 Å². The van der Waals surface area contributed by atoms with Gasteiger partial charge in [0.05, 0.1) is 6.04 Å². The maximum absolute atomic E-state index is 11.5. The van der Waals surface area contributed by atoms with E-state index in [2.05, 4.69) is 15.5 Å². The summed E-state index contributed by atoms with van der Waals surface area (Å²) in [4.78, 5) is 11.5. The summed E-state index contributed by atoms with van der Waals surface area (Å²) >= 11 is 0. The Morgan fingerprint density at radius 2 is 2.53 bits per heavy atom. The molecule has 0 aliphatic rings. The molecule has 1 unspecified atom stereocenters. The van der Waals surface area contributed by atoms with E-state index in [1.807, 2.05) is 0 Å². The molecule has 0 aromatic carbocycles. The number of amides is 1. The Balaban J connectivity index is 2.42. The van der Waals surface area contributed by atoms with E-state index in [1.54, 1.807) is 19.2 Å². The summed E-state index contributed by atoms with van der Waals surface area (Å²) in [5.41, 5.74) is 5.61. The number of anilines is 1. The minimum Gasteiger partial charge on any atom is -0.385 e. The number of carbonyl (C=O) groups excluding carboxylic acids is 1. The molecule has 0 saturated carbocycles. The first-order chi connectivity index (χ1) is 7.24. The number of methoxy groups -OCH3 is 1. The van der Waals surface area contributed by atoms with Crippen LogP contribution in [0.1, 0.15) is 6.42 Å². The van der Waals surface area contributed by atoms with Gasteiger partial charge in [-0.25, -0.2) is 0 Å². The summed E-state index contributed by atoms with van der Waals surface area (Å²) in [7, 11) is 1.56. The fourth-order valence-corrected chi connectivity index (χ4v) is 0.963. The van der Waals surface area contributed by atoms with Gasteiger partial charge in [-0.05, 0) is 18.6 Å². The van der Waals surface area contributed by atoms with Crippen molar-refractivity contribution >= 4 is 11.7 Å². The van der Waals surface area contributed by atoms with Gasteiger partial charge in [0.2, 0.25) is 5.91 Å². The van der Waals surface area contributed by atoms with E-state index in [1.165, 1.54) is 6.20 Å². The highest BCUT2D eigenvalue weighted by Gasteiger charge is 2.13. The maximum Gasteiger partial charge on any atom is 0.242 e. The molecule has 6 heteroatoms. The zero-order valence-corrected chi connectivity index (χ0v) is 8.51. The molecule has 1 atom stereocenters. The molecule has 1 aromatic rings. The maximum atomic E-state index is 11.5. The van der Waals surface area contributed by atoms with Crippen molar-refractivity contribution in [3.8, 4) is 0 Å². The Morgan fingerprint density at radius 1 is 1.73 bits per heavy atom. The van der Waals surface area contributed by atoms with Crippen LogP contribution in [0.15, 0.2) is 18.3 Å². The average molecular weight is 210 g/mol. The third-order valence-electron chi connectivity index (χ3n) is 1.79. The van der Waals surface area contributed by atoms with Gasteiger partial charge in [-0.15, -0.1) is 5.10 Å². The van der Waals surface area contributed by atoms with Gasteiger partial charge in [0.1, 0.15) is 0 Å². The molecule has 0 spiro atoms. The predicted molar refractivity (Wildman–Crippen MR) is 55.1 cm³/mol. The standard InChI is InChI=1S/C9H14N4O2/c1-15-6-4-7(10)9(14)12-8-3-2-5-11-13-8/h2-3,5,7H,4,6,10H2,1H3,(H,12,13,14). The lowest BCUT2D eigenvalue weighted by molar-refractivity contribution is -0.117. The second-order valence-electron chi connectivity index (χ2n) is 2.99. The number of hydrogen-bond donors (Lipinski definition) is 2. The summed E-state index contributed by atoms with van der Waals surface area (Å²) in [6.45, 7) is 0.453. The number of nitrogens with two attached hydrogens (primary N) is 1. The normalized spacial score (nSPS) is 12.1. The first kappa shape index (κ1) is 11.5. The average Bonchev–Trinajstić information content (AvgIpc) is 2.27. The minimum absolute atomic E-state index is 0.285. The third kappa shape index (κ3) is 4.01. The van der Waals surface area contributed by atoms with Crippen LogP contribution in [0.5, 0.6) is 0 Å². The Bertz CT molecular complexity index is 304. The van der Waals surface area contributed by atoms with Gasteiger partial charge in [-0.3, -0.25) is 4.79 Å². The molecule has 3 N–H and O–H groups in total. The van der Waals surface area contributed by atoms with Crippen LogP contribution in [0.4, 0.5) is 5.82 Å². The van der Waals surface area contributed by atoms with E-state index in [0.717, 1.165) is 0 Å². The minimum atomic E-state index is -0.591. The molecular formula is C9H14N4O2. The van der Waals surface area contributed by atoms with Crippen LogP contribution in [0.3, 0.4) is 0 Å². The molecule has 1 rings (SSSR count). The Kier molecular flexibility index (Phi) is 4.65. The SMILES string of the molecule is COCCC(N)C(=O)Nc1cccnn1. The number of aromatic nitrogens is 2. The molecule has 0 saturated heterocycles. The first-order valence-corrected chi connectivity index (χ1v) is 4.57. The number of rotatable bonds is 5. The molecule has 0 aliphatic carbocycles. The van der Waals surface area contributed by atoms with E-state index < -0.39 is 6.04 Å². The fraction of sp³-hybridized carbons (Fsp3) is 0.444. The zero-order chi connectivity index (χ0) is 11.1. The summed E-state index contributed by atoms with van der Waals surface area (Å²) < 4.78 is 4.82. The molecule has 82 valence electrons. The van der Waals surface area contributed by atoms with Gasteiger partial charge in [0, 0.05) is 19.9 Å². The molecule has 0 aliphatic heterocycles. The van der Waals surface area contributed by atoms with Crippen molar-refractivity contribution in [2.75, 3.05) is 19.0 Å². The molecule has 1 aromatic heterocycles. The molecular weight excluding hydrogens is 196 g/mol. The summed E-state index contributed by atoms with van der Waals surface area (Å²) in [5.74, 6) is 0.114. The van der Waals surface area contributed by atoms with Crippen molar-refractivity contribution in [2.24, 2.45) is 5.73 Å². The van der Waals surface area contributed by atoms with Crippen LogP contribution in [0.2, 0.25) is 0 Å². The fourth-order valence-electron chi connectivity index (χ4n) is 0.963. The second-order valence-corrected chi connectivity index (χ2v) is 2.99. The number of nitrogens with one attached hydrogen (secondary N) is 1. The molecule has 15 heavy (non-hydrogen) atoms. The Labute approximate surface area is 87.8 Å². The summed E-state index contributed by atoms with van der Waals surface area (Å²) in [5, 5.41) is 9.90. The number of nitrogens with zero attached hydrogens (tertiary/aromatic N) is 2. The largest absolute Gasteiger partial charge is 0.385 e. The van der Waals surface area contributed by atoms with Crippen LogP contribution in [0.25, 0.3) is 0 Å². The molecule has 1 amide bonds. The summed E-state index contributed by atoms with van der Waals surface area (Å²) in [6, 6.07) is 2.74. The van der Waals surface area contributed by atoms with Gasteiger partial charge < -0.3 is 15.8 Å². The molecule has 0 fully saturated rings. The lowest BCUT2D eigenvalue weighted by Gasteiger charge is -2.10. The highest BCUT2D eigenvalue weighted by atomic mass is 16.5. The van der Waals surface area contributed by atoms with Gasteiger partial charge in [0.25, 0.3) is 0 Å². The number of hydrogen-bond acceptors (Lipinski definition) is 5. The number of carbonyl (C=O) groups is 1. The van der Waals surface area contributed by atoms with Crippen molar-refractivity contribution in [3.05, 3.63) is 18.3 Å². The quantitative estimate of drug-likeness (QED) is 0.701. The van der Waals surface area contributed by atoms with Crippen LogP contribution >= 0.6 is 0 Å². The number of ether oxygens (including phenoxy) is 1. The van der Waals surface area contributed by atoms with E-state index in [0.29, 0.717) is 18.8 Å². The third-order valence-corrected chi connectivity index (χ3v) is 1.79. The molecule has 1 heterocycles. The second kappa shape index (κ2) is 6.05. The Hall–Kier alpha value is -1.53. The van der Waals surface area contributed by atoms with Crippen molar-refractivity contribution in [1.82, 2.24) is 10.2 Å². The van der Waals surface area contributed by atoms with Crippen LogP contribution in [-0.2, 0) is 9.53 Å². The molecule has 0 bridgehead atoms. The summed E-state index contributed by atoms with van der Waals surface area (Å²) in [6.07, 6.45) is 2.00. The highest BCUT2D eigenvalue weighted by molar-refractivity contribution is 5.93. The Morgan fingerprint density at radius 3 is 3.13 bits per heavy atom. The van der Waals surface area contributed by atoms with Gasteiger partial charge >= 0.3 is 0 Å². The van der Waals surface area contributed by atoms with E-state index in [-0.39, 0.29) is 5.91 Å². The van der Waals surface area contributed by atoms with Crippen molar-refractivity contribution in [3.63, 3.8) is 0 Å². The molecule has 6 nitrogen and oxygen atoms in total. The predicted octanol–water partition coefficient (Wildman–Crippen LogP) is -0.221. The van der Waals surface area contributed by atoms with Gasteiger partial charge in [-0.2, -0.15) is 5.10 Å². The van der Waals surface area contributed by atoms with Crippen LogP contribution in [-0.4, -0.2) is 35.9 Å². The monoisotopic (exact) mass is 210 g/mol. The van der Waals surface area contributed by atoms with Crippen LogP contribution < -0.4 is 11.1 Å². The van der Waals surface area contributed by atoms with Crippen molar-refractivity contribution in [1.29, 1.82) is 0 Å². The molecule has 0 radical (unpaired) electrons. The lowest BCUT2D eigenvalue weighted by atomic mass is 10.2. The van der Waals surface area contributed by atoms with E-state index in [4.69, 9.17) is 10.5 Å². The van der Waals surface area contributed by atoms with E-state index in [9.17, 15) is 4.79 Å². The zero-order valence-electron chi connectivity index (χ0n) is 8.51. The van der Waals surface area contributed by atoms with Gasteiger partial charge in [-0.1, -0.05) is 0 Å². The van der Waals surface area contributed by atoms with Crippen molar-refractivity contribution in [2.45, 2.75) is 12.5 Å². The first-order valence-electron chi connectivity index (χ1n) is 4.57. The van der Waals surface area contributed by atoms with Gasteiger partial charge in [0.15, 0.2) is 5.82 Å². The smallest absolute Gasteiger partial charge is 0.242 e. The van der Waals surface area contributed by atoms with Crippen molar-refractivity contribution < 1.29 is 9.53 Å². The highest BCUT2D eigenvalue weighted by Crippen LogP contribution is 1.99. The lowest BCUT2D eigenvalue weighted by Crippen LogP contribution is -2.36.